The smallest absolute Gasteiger partial charge is 0.440 e. The number of nitrogens with zero attached hydrogens (tertiary/aromatic N) is 5. The summed E-state index contributed by atoms with van der Waals surface area (Å²) in [5.74, 6) is 0.657. The third-order valence-electron chi connectivity index (χ3n) is 7.00. The molecule has 0 atom stereocenters. The van der Waals surface area contributed by atoms with Crippen LogP contribution in [0, 0.1) is 6.92 Å². The highest BCUT2D eigenvalue weighted by molar-refractivity contribution is 7.90. The van der Waals surface area contributed by atoms with E-state index in [1.54, 1.807) is 49.0 Å². The van der Waals surface area contributed by atoms with E-state index in [2.05, 4.69) is 29.8 Å². The van der Waals surface area contributed by atoms with Crippen molar-refractivity contribution < 1.29 is 35.5 Å². The molecule has 7 rings (SSSR count). The molecule has 11 nitrogen and oxygen atoms in total. The Kier molecular flexibility index (Phi) is 6.14. The monoisotopic (exact) mass is 617 g/mol. The van der Waals surface area contributed by atoms with Gasteiger partial charge in [-0.1, -0.05) is 24.3 Å². The molecule has 0 fully saturated rings. The highest BCUT2D eigenvalue weighted by atomic mass is 32.2. The fraction of sp³-hybridized carbons (Fsp3) is 0.133. The van der Waals surface area contributed by atoms with Crippen LogP contribution in [0.5, 0.6) is 11.5 Å². The predicted octanol–water partition coefficient (Wildman–Crippen LogP) is 6.16. The second-order valence-corrected chi connectivity index (χ2v) is 12.1. The van der Waals surface area contributed by atoms with Crippen molar-refractivity contribution in [3.8, 4) is 68.0 Å². The Morgan fingerprint density at radius 3 is 2.43 bits per heavy atom. The predicted molar refractivity (Wildman–Crippen MR) is 152 cm³/mol. The number of aryl methyl sites for hydroxylation is 2. The van der Waals surface area contributed by atoms with Crippen LogP contribution in [0.1, 0.15) is 5.89 Å². The quantitative estimate of drug-likeness (QED) is 0.214. The zero-order chi connectivity index (χ0) is 30.8. The molecule has 3 aromatic heterocycles. The molecule has 6 aromatic rings. The molecular formula is C30H21F2N5O6S. The minimum atomic E-state index is -3.78. The van der Waals surface area contributed by atoms with E-state index in [1.807, 2.05) is 18.2 Å². The Hall–Kier alpha value is -5.37. The van der Waals surface area contributed by atoms with Crippen molar-refractivity contribution in [2.75, 3.05) is 6.26 Å². The summed E-state index contributed by atoms with van der Waals surface area (Å²) in [5.41, 5.74) is 4.52. The molecule has 4 heterocycles. The van der Waals surface area contributed by atoms with Gasteiger partial charge in [-0.25, -0.2) is 13.4 Å². The van der Waals surface area contributed by atoms with Crippen molar-refractivity contribution >= 4 is 9.84 Å². The molecule has 0 amide bonds. The van der Waals surface area contributed by atoms with E-state index in [4.69, 9.17) is 8.83 Å². The summed E-state index contributed by atoms with van der Waals surface area (Å²) in [6, 6.07) is 18.3. The van der Waals surface area contributed by atoms with Crippen molar-refractivity contribution in [2.45, 2.75) is 18.1 Å². The molecule has 1 aliphatic rings. The van der Waals surface area contributed by atoms with Gasteiger partial charge in [0.25, 0.3) is 5.89 Å². The lowest BCUT2D eigenvalue weighted by molar-refractivity contribution is -0.286. The number of halogens is 2. The maximum atomic E-state index is 13.8. The van der Waals surface area contributed by atoms with Crippen LogP contribution in [0.15, 0.2) is 86.9 Å². The van der Waals surface area contributed by atoms with Gasteiger partial charge in [-0.2, -0.15) is 5.10 Å². The largest absolute Gasteiger partial charge is 0.586 e. The van der Waals surface area contributed by atoms with Gasteiger partial charge in [-0.05, 0) is 53.6 Å². The Morgan fingerprint density at radius 2 is 1.66 bits per heavy atom. The molecule has 3 aromatic carbocycles. The summed E-state index contributed by atoms with van der Waals surface area (Å²) in [6.45, 7) is 1.67. The van der Waals surface area contributed by atoms with E-state index in [1.165, 1.54) is 24.6 Å². The molecule has 0 bridgehead atoms. The summed E-state index contributed by atoms with van der Waals surface area (Å²) >= 11 is 0. The topological polar surface area (TPSA) is 135 Å². The van der Waals surface area contributed by atoms with Crippen LogP contribution < -0.4 is 9.47 Å². The zero-order valence-corrected chi connectivity index (χ0v) is 24.1. The molecule has 0 saturated heterocycles. The number of rotatable bonds is 6. The van der Waals surface area contributed by atoms with Crippen LogP contribution in [0.25, 0.3) is 56.6 Å². The standard InChI is InChI=1S/C30H21F2N5O6S/c1-16-34-27(19-8-10-25-26(13-19)43-30(31,32)42-25)28(41-16)22-12-18(17-5-4-6-20(11-17)44(3,38)39)7-9-21(22)24-14-23(36-37(24)2)29-35-33-15-40-29/h4-15H,1-3H3. The lowest BCUT2D eigenvalue weighted by Gasteiger charge is -2.13. The highest BCUT2D eigenvalue weighted by Crippen LogP contribution is 2.46. The lowest BCUT2D eigenvalue weighted by atomic mass is 9.94. The molecule has 0 aliphatic carbocycles. The van der Waals surface area contributed by atoms with Crippen LogP contribution in [-0.2, 0) is 16.9 Å². The van der Waals surface area contributed by atoms with Crippen molar-refractivity contribution in [1.29, 1.82) is 0 Å². The van der Waals surface area contributed by atoms with E-state index >= 15 is 0 Å². The van der Waals surface area contributed by atoms with Crippen LogP contribution in [0.3, 0.4) is 0 Å². The first-order valence-electron chi connectivity index (χ1n) is 13.1. The summed E-state index contributed by atoms with van der Waals surface area (Å²) in [5, 5.41) is 12.2. The molecule has 0 unspecified atom stereocenters. The zero-order valence-electron chi connectivity index (χ0n) is 23.3. The number of fused-ring (bicyclic) bond motifs is 1. The number of benzene rings is 3. The molecule has 0 spiro atoms. The minimum Gasteiger partial charge on any atom is -0.440 e. The first-order valence-corrected chi connectivity index (χ1v) is 15.0. The van der Waals surface area contributed by atoms with E-state index in [0.29, 0.717) is 56.6 Å². The normalized spacial score (nSPS) is 13.8. The third kappa shape index (κ3) is 4.88. The Morgan fingerprint density at radius 1 is 0.886 bits per heavy atom. The van der Waals surface area contributed by atoms with Crippen LogP contribution in [-0.4, -0.2) is 45.9 Å². The van der Waals surface area contributed by atoms with Gasteiger partial charge in [0.2, 0.25) is 6.39 Å². The van der Waals surface area contributed by atoms with Crippen LogP contribution in [0.4, 0.5) is 8.78 Å². The van der Waals surface area contributed by atoms with Gasteiger partial charge in [-0.3, -0.25) is 4.68 Å². The van der Waals surface area contributed by atoms with E-state index in [9.17, 15) is 17.2 Å². The molecule has 0 radical (unpaired) electrons. The molecule has 0 saturated carbocycles. The van der Waals surface area contributed by atoms with Crippen molar-refractivity contribution in [3.05, 3.63) is 79.0 Å². The fourth-order valence-corrected chi connectivity index (χ4v) is 5.72. The molecule has 0 N–H and O–H groups in total. The van der Waals surface area contributed by atoms with Gasteiger partial charge in [0.1, 0.15) is 11.4 Å². The number of hydrogen-bond acceptors (Lipinski definition) is 10. The van der Waals surface area contributed by atoms with Crippen LogP contribution >= 0.6 is 0 Å². The van der Waals surface area contributed by atoms with Crippen LogP contribution in [0.2, 0.25) is 0 Å². The number of alkyl halides is 2. The van der Waals surface area contributed by atoms with Gasteiger partial charge in [0.05, 0.1) is 10.6 Å². The number of sulfone groups is 1. The maximum absolute atomic E-state index is 13.8. The second-order valence-electron chi connectivity index (χ2n) is 10.1. The average molecular weight is 618 g/mol. The second kappa shape index (κ2) is 9.84. The van der Waals surface area contributed by atoms with Gasteiger partial charge < -0.3 is 18.3 Å². The number of oxazole rings is 1. The summed E-state index contributed by atoms with van der Waals surface area (Å²) < 4.78 is 74.5. The van der Waals surface area contributed by atoms with Crippen molar-refractivity contribution in [1.82, 2.24) is 25.0 Å². The molecule has 222 valence electrons. The fourth-order valence-electron chi connectivity index (χ4n) is 5.05. The van der Waals surface area contributed by atoms with Gasteiger partial charge in [-0.15, -0.1) is 19.0 Å². The average Bonchev–Trinajstić information content (AvgIpc) is 3.77. The summed E-state index contributed by atoms with van der Waals surface area (Å²) in [7, 11) is -1.70. The van der Waals surface area contributed by atoms with Gasteiger partial charge in [0, 0.05) is 36.9 Å². The highest BCUT2D eigenvalue weighted by Gasteiger charge is 2.43. The lowest BCUT2D eigenvalue weighted by Crippen LogP contribution is -2.25. The first kappa shape index (κ1) is 27.5. The summed E-state index contributed by atoms with van der Waals surface area (Å²) in [6.07, 6.45) is -1.42. The molecule has 14 heteroatoms. The molecule has 1 aliphatic heterocycles. The Labute approximate surface area is 248 Å². The molecule has 44 heavy (non-hydrogen) atoms. The number of aromatic nitrogens is 5. The SMILES string of the molecule is Cc1nc(-c2ccc3c(c2)OC(F)(F)O3)c(-c2cc(-c3cccc(S(C)(=O)=O)c3)ccc2-c2cc(-c3nnco3)nn2C)o1. The molecular weight excluding hydrogens is 596 g/mol. The third-order valence-corrected chi connectivity index (χ3v) is 8.11. The first-order chi connectivity index (χ1) is 20.9. The van der Waals surface area contributed by atoms with E-state index in [-0.39, 0.29) is 22.3 Å². The van der Waals surface area contributed by atoms with E-state index < -0.39 is 16.1 Å². The number of ether oxygens (including phenoxy) is 2. The Bertz CT molecular complexity index is 2170. The van der Waals surface area contributed by atoms with Crippen molar-refractivity contribution in [2.24, 2.45) is 7.05 Å². The maximum Gasteiger partial charge on any atom is 0.586 e. The van der Waals surface area contributed by atoms with E-state index in [0.717, 1.165) is 6.26 Å². The number of hydrogen-bond donors (Lipinski definition) is 0. The van der Waals surface area contributed by atoms with Crippen molar-refractivity contribution in [3.63, 3.8) is 0 Å². The van der Waals surface area contributed by atoms with Gasteiger partial charge in [0.15, 0.2) is 33.0 Å². The summed E-state index contributed by atoms with van der Waals surface area (Å²) in [4.78, 5) is 4.76. The minimum absolute atomic E-state index is 0.0996. The van der Waals surface area contributed by atoms with Gasteiger partial charge >= 0.3 is 6.29 Å². The Balaban J connectivity index is 1.43.